The normalized spacial score (nSPS) is 13.3. The highest BCUT2D eigenvalue weighted by molar-refractivity contribution is 7.19. The summed E-state index contributed by atoms with van der Waals surface area (Å²) < 4.78 is 10.5. The molecule has 0 unspecified atom stereocenters. The molecule has 0 aliphatic carbocycles. The minimum Gasteiger partial charge on any atom is -0.497 e. The Balaban J connectivity index is 1.33. The average molecular weight is 575 g/mol. The summed E-state index contributed by atoms with van der Waals surface area (Å²) in [5.41, 5.74) is 4.44. The molecule has 1 fully saturated rings. The Morgan fingerprint density at radius 1 is 1.05 bits per heavy atom. The molecule has 11 nitrogen and oxygen atoms in total. The number of aromatic nitrogens is 4. The van der Waals surface area contributed by atoms with Gasteiger partial charge in [0.15, 0.2) is 5.13 Å². The summed E-state index contributed by atoms with van der Waals surface area (Å²) in [7, 11) is 3.20. The lowest BCUT2D eigenvalue weighted by Crippen LogP contribution is -2.49. The smallest absolute Gasteiger partial charge is 0.248 e. The Morgan fingerprint density at radius 2 is 1.88 bits per heavy atom. The molecule has 1 aliphatic rings. The third kappa shape index (κ3) is 6.72. The van der Waals surface area contributed by atoms with Gasteiger partial charge in [0.25, 0.3) is 0 Å². The van der Waals surface area contributed by atoms with Gasteiger partial charge in [-0.15, -0.1) is 0 Å². The van der Waals surface area contributed by atoms with E-state index in [4.69, 9.17) is 19.4 Å². The summed E-state index contributed by atoms with van der Waals surface area (Å²) in [5.74, 6) is 2.13. The average Bonchev–Trinajstić information content (AvgIpc) is 3.42. The maximum atomic E-state index is 12.1. The molecule has 0 radical (unpaired) electrons. The zero-order chi connectivity index (χ0) is 28.8. The highest BCUT2D eigenvalue weighted by Gasteiger charge is 2.22. The van der Waals surface area contributed by atoms with E-state index in [1.807, 2.05) is 49.1 Å². The molecule has 4 aromatic rings. The summed E-state index contributed by atoms with van der Waals surface area (Å²) in [6.45, 7) is 7.71. The van der Waals surface area contributed by atoms with Crippen LogP contribution >= 0.6 is 11.3 Å². The number of pyridine rings is 1. The van der Waals surface area contributed by atoms with E-state index in [0.29, 0.717) is 19.0 Å². The maximum Gasteiger partial charge on any atom is 0.248 e. The molecular formula is C29H34N8O3S. The van der Waals surface area contributed by atoms with Gasteiger partial charge >= 0.3 is 0 Å². The van der Waals surface area contributed by atoms with E-state index in [1.165, 1.54) is 7.11 Å². The van der Waals surface area contributed by atoms with E-state index in [2.05, 4.69) is 31.6 Å². The monoisotopic (exact) mass is 574 g/mol. The molecule has 0 saturated carbocycles. The van der Waals surface area contributed by atoms with Gasteiger partial charge in [0.2, 0.25) is 11.9 Å². The van der Waals surface area contributed by atoms with Crippen LogP contribution in [0.3, 0.4) is 0 Å². The largest absolute Gasteiger partial charge is 0.497 e. The number of nitrogens with zero attached hydrogens (tertiary/aromatic N) is 6. The molecule has 3 aromatic heterocycles. The van der Waals surface area contributed by atoms with Crippen molar-refractivity contribution >= 4 is 39.8 Å². The number of thiazole rings is 1. The predicted octanol–water partition coefficient (Wildman–Crippen LogP) is 4.45. The van der Waals surface area contributed by atoms with Crippen LogP contribution in [0.5, 0.6) is 5.75 Å². The number of hydrogen-bond donors (Lipinski definition) is 2. The fraction of sp³-hybridized carbons (Fsp3) is 0.345. The molecule has 0 bridgehead atoms. The van der Waals surface area contributed by atoms with E-state index in [9.17, 15) is 4.79 Å². The number of aryl methyl sites for hydroxylation is 1. The van der Waals surface area contributed by atoms with Gasteiger partial charge in [-0.05, 0) is 55.8 Å². The number of carbonyl (C=O) groups excluding carboxylic acids is 1. The van der Waals surface area contributed by atoms with Gasteiger partial charge in [-0.3, -0.25) is 4.79 Å². The van der Waals surface area contributed by atoms with Crippen LogP contribution in [0.4, 0.5) is 22.6 Å². The molecule has 1 saturated heterocycles. The topological polar surface area (TPSA) is 118 Å². The van der Waals surface area contributed by atoms with Crippen molar-refractivity contribution in [2.75, 3.05) is 69.1 Å². The van der Waals surface area contributed by atoms with Crippen molar-refractivity contribution in [3.8, 4) is 27.6 Å². The van der Waals surface area contributed by atoms with Gasteiger partial charge in [-0.25, -0.2) is 19.9 Å². The number of nitrogens with one attached hydrogen (secondary N) is 2. The van der Waals surface area contributed by atoms with E-state index in [0.717, 1.165) is 69.4 Å². The minimum absolute atomic E-state index is 0.0174. The van der Waals surface area contributed by atoms with E-state index >= 15 is 0 Å². The van der Waals surface area contributed by atoms with Gasteiger partial charge in [0.1, 0.15) is 18.2 Å². The van der Waals surface area contributed by atoms with Gasteiger partial charge in [0.05, 0.1) is 35.3 Å². The lowest BCUT2D eigenvalue weighted by Gasteiger charge is -2.35. The van der Waals surface area contributed by atoms with Crippen molar-refractivity contribution < 1.29 is 14.3 Å². The summed E-state index contributed by atoms with van der Waals surface area (Å²) >= 11 is 1.56. The third-order valence-corrected chi connectivity index (χ3v) is 7.67. The van der Waals surface area contributed by atoms with Crippen LogP contribution in [0, 0.1) is 6.92 Å². The summed E-state index contributed by atoms with van der Waals surface area (Å²) in [6.07, 6.45) is 3.51. The number of amides is 1. The zero-order valence-corrected chi connectivity index (χ0v) is 24.5. The second-order valence-corrected chi connectivity index (χ2v) is 10.6. The first-order valence-corrected chi connectivity index (χ1v) is 14.3. The SMILES string of the molecule is CCNc1nc(-c2cc(C)cc(OC)c2)c(-c2ccnc(Nc3ccc(N4CCN(C(=O)COC)CC4)nc3)n2)s1. The number of benzene rings is 1. The molecule has 1 aromatic carbocycles. The summed E-state index contributed by atoms with van der Waals surface area (Å²) in [4.78, 5) is 35.8. The molecule has 41 heavy (non-hydrogen) atoms. The zero-order valence-electron chi connectivity index (χ0n) is 23.7. The second-order valence-electron chi connectivity index (χ2n) is 9.56. The van der Waals surface area contributed by atoms with Gasteiger partial charge < -0.3 is 29.9 Å². The first kappa shape index (κ1) is 28.2. The van der Waals surface area contributed by atoms with Crippen LogP contribution in [0.1, 0.15) is 12.5 Å². The number of rotatable bonds is 10. The van der Waals surface area contributed by atoms with Gasteiger partial charge in [-0.2, -0.15) is 0 Å². The quantitative estimate of drug-likeness (QED) is 0.281. The lowest BCUT2D eigenvalue weighted by molar-refractivity contribution is -0.135. The number of piperazine rings is 1. The summed E-state index contributed by atoms with van der Waals surface area (Å²) in [6, 6.07) is 11.9. The highest BCUT2D eigenvalue weighted by atomic mass is 32.1. The van der Waals surface area contributed by atoms with Gasteiger partial charge in [-0.1, -0.05) is 11.3 Å². The lowest BCUT2D eigenvalue weighted by atomic mass is 10.1. The predicted molar refractivity (Wildman–Crippen MR) is 162 cm³/mol. The molecule has 4 heterocycles. The van der Waals surface area contributed by atoms with Crippen LogP contribution in [0.2, 0.25) is 0 Å². The maximum absolute atomic E-state index is 12.1. The molecule has 2 N–H and O–H groups in total. The summed E-state index contributed by atoms with van der Waals surface area (Å²) in [5, 5.41) is 7.44. The first-order valence-electron chi connectivity index (χ1n) is 13.5. The number of ether oxygens (including phenoxy) is 2. The van der Waals surface area contributed by atoms with Crippen molar-refractivity contribution in [1.29, 1.82) is 0 Å². The fourth-order valence-corrected chi connectivity index (χ4v) is 5.67. The molecule has 214 valence electrons. The Morgan fingerprint density at radius 3 is 2.59 bits per heavy atom. The van der Waals surface area contributed by atoms with E-state index in [1.54, 1.807) is 30.8 Å². The molecule has 0 spiro atoms. The first-order chi connectivity index (χ1) is 20.0. The van der Waals surface area contributed by atoms with Crippen LogP contribution < -0.4 is 20.3 Å². The van der Waals surface area contributed by atoms with E-state index < -0.39 is 0 Å². The number of anilines is 4. The van der Waals surface area contributed by atoms with Crippen molar-refractivity contribution in [2.24, 2.45) is 0 Å². The molecular weight excluding hydrogens is 540 g/mol. The van der Waals surface area contributed by atoms with E-state index in [-0.39, 0.29) is 12.5 Å². The van der Waals surface area contributed by atoms with Gasteiger partial charge in [0, 0.05) is 51.6 Å². The van der Waals surface area contributed by atoms with Crippen molar-refractivity contribution in [3.05, 3.63) is 54.4 Å². The number of carbonyl (C=O) groups is 1. The highest BCUT2D eigenvalue weighted by Crippen LogP contribution is 2.39. The van der Waals surface area contributed by atoms with Crippen LogP contribution in [-0.4, -0.2) is 84.3 Å². The Kier molecular flexibility index (Phi) is 8.90. The number of hydrogen-bond acceptors (Lipinski definition) is 11. The van der Waals surface area contributed by atoms with Crippen molar-refractivity contribution in [2.45, 2.75) is 13.8 Å². The fourth-order valence-electron chi connectivity index (χ4n) is 4.64. The van der Waals surface area contributed by atoms with Crippen molar-refractivity contribution in [1.82, 2.24) is 24.8 Å². The number of methoxy groups -OCH3 is 2. The molecule has 5 rings (SSSR count). The van der Waals surface area contributed by atoms with Crippen molar-refractivity contribution in [3.63, 3.8) is 0 Å². The third-order valence-electron chi connectivity index (χ3n) is 6.63. The Labute approximate surface area is 243 Å². The van der Waals surface area contributed by atoms with Crippen LogP contribution in [0.15, 0.2) is 48.8 Å². The van der Waals surface area contributed by atoms with Crippen LogP contribution in [0.25, 0.3) is 21.8 Å². The molecule has 12 heteroatoms. The molecule has 1 aliphatic heterocycles. The second kappa shape index (κ2) is 12.9. The molecule has 0 atom stereocenters. The van der Waals surface area contributed by atoms with Crippen LogP contribution in [-0.2, 0) is 9.53 Å². The Bertz CT molecular complexity index is 1490. The Hall–Kier alpha value is -4.29. The standard InChI is InChI=1S/C29H34N8O3S/c1-5-30-29-35-26(20-14-19(2)15-22(16-20)40-4)27(41-29)23-8-9-31-28(34-23)33-21-6-7-24(32-17-21)36-10-12-37(13-11-36)25(38)18-39-3/h6-9,14-17H,5,10-13,18H2,1-4H3,(H,30,35)(H,31,33,34). The molecule has 1 amide bonds. The minimum atomic E-state index is 0.0174.